The van der Waals surface area contributed by atoms with Crippen molar-refractivity contribution in [1.82, 2.24) is 15.1 Å². The molecule has 0 amide bonds. The van der Waals surface area contributed by atoms with Gasteiger partial charge in [0.15, 0.2) is 0 Å². The lowest BCUT2D eigenvalue weighted by atomic mass is 10.1. The van der Waals surface area contributed by atoms with Crippen LogP contribution in [0.4, 0.5) is 0 Å². The molecule has 0 radical (unpaired) electrons. The minimum Gasteiger partial charge on any atom is -0.306 e. The summed E-state index contributed by atoms with van der Waals surface area (Å²) in [5.74, 6) is 0. The van der Waals surface area contributed by atoms with Gasteiger partial charge in [-0.3, -0.25) is 4.68 Å². The first-order valence-electron chi connectivity index (χ1n) is 7.34. The van der Waals surface area contributed by atoms with E-state index in [1.165, 1.54) is 38.5 Å². The zero-order valence-corrected chi connectivity index (χ0v) is 12.1. The molecule has 0 spiro atoms. The van der Waals surface area contributed by atoms with Crippen LogP contribution < -0.4 is 5.32 Å². The van der Waals surface area contributed by atoms with Crippen molar-refractivity contribution in [2.24, 2.45) is 0 Å². The Morgan fingerprint density at radius 3 is 2.50 bits per heavy atom. The smallest absolute Gasteiger partial charge is 0.0762 e. The predicted octanol–water partition coefficient (Wildman–Crippen LogP) is 3.67. The Bertz CT molecular complexity index is 354. The third-order valence-corrected chi connectivity index (χ3v) is 3.66. The first kappa shape index (κ1) is 13.6. The lowest BCUT2D eigenvalue weighted by Crippen LogP contribution is -2.35. The second-order valence-electron chi connectivity index (χ2n) is 6.54. The molecule has 1 N–H and O–H groups in total. The minimum absolute atomic E-state index is 0.159. The molecule has 3 heteroatoms. The van der Waals surface area contributed by atoms with Crippen molar-refractivity contribution in [3.8, 4) is 0 Å². The molecule has 0 aromatic carbocycles. The van der Waals surface area contributed by atoms with Gasteiger partial charge in [0.25, 0.3) is 0 Å². The molecule has 18 heavy (non-hydrogen) atoms. The highest BCUT2D eigenvalue weighted by molar-refractivity contribution is 5.00. The van der Waals surface area contributed by atoms with Gasteiger partial charge in [-0.1, -0.05) is 25.7 Å². The normalized spacial score (nSPS) is 18.8. The summed E-state index contributed by atoms with van der Waals surface area (Å²) in [6.07, 6.45) is 10.3. The standard InChI is InChI=1S/C15H27N3/c1-15(2,3)16-12-13-10-11-18(17-13)14-8-6-4-5-7-9-14/h10-11,14,16H,4-9,12H2,1-3H3. The van der Waals surface area contributed by atoms with Crippen LogP contribution in [0, 0.1) is 0 Å². The van der Waals surface area contributed by atoms with Crippen molar-refractivity contribution in [3.63, 3.8) is 0 Å². The number of nitrogens with one attached hydrogen (secondary N) is 1. The van der Waals surface area contributed by atoms with Gasteiger partial charge >= 0.3 is 0 Å². The average Bonchev–Trinajstić information content (AvgIpc) is 2.60. The van der Waals surface area contributed by atoms with Crippen LogP contribution in [-0.2, 0) is 6.54 Å². The van der Waals surface area contributed by atoms with E-state index in [-0.39, 0.29) is 5.54 Å². The highest BCUT2D eigenvalue weighted by Crippen LogP contribution is 2.26. The van der Waals surface area contributed by atoms with Gasteiger partial charge in [-0.15, -0.1) is 0 Å². The number of hydrogen-bond acceptors (Lipinski definition) is 2. The largest absolute Gasteiger partial charge is 0.306 e. The molecule has 1 fully saturated rings. The van der Waals surface area contributed by atoms with E-state index in [0.29, 0.717) is 6.04 Å². The topological polar surface area (TPSA) is 29.9 Å². The summed E-state index contributed by atoms with van der Waals surface area (Å²) < 4.78 is 2.20. The molecule has 1 aromatic rings. The van der Waals surface area contributed by atoms with E-state index in [4.69, 9.17) is 5.10 Å². The molecule has 0 saturated heterocycles. The van der Waals surface area contributed by atoms with Crippen LogP contribution in [0.15, 0.2) is 12.3 Å². The minimum atomic E-state index is 0.159. The Balaban J connectivity index is 1.92. The van der Waals surface area contributed by atoms with Crippen LogP contribution >= 0.6 is 0 Å². The molecule has 0 aliphatic heterocycles. The zero-order valence-electron chi connectivity index (χ0n) is 12.1. The van der Waals surface area contributed by atoms with Crippen LogP contribution in [0.25, 0.3) is 0 Å². The Morgan fingerprint density at radius 1 is 1.22 bits per heavy atom. The molecule has 1 aromatic heterocycles. The molecule has 1 aliphatic carbocycles. The monoisotopic (exact) mass is 249 g/mol. The summed E-state index contributed by atoms with van der Waals surface area (Å²) in [5, 5.41) is 8.22. The molecular formula is C15H27N3. The van der Waals surface area contributed by atoms with E-state index in [2.05, 4.69) is 43.0 Å². The summed E-state index contributed by atoms with van der Waals surface area (Å²) in [4.78, 5) is 0. The third-order valence-electron chi connectivity index (χ3n) is 3.66. The molecule has 3 nitrogen and oxygen atoms in total. The molecule has 0 bridgehead atoms. The lowest BCUT2D eigenvalue weighted by Gasteiger charge is -2.19. The van der Waals surface area contributed by atoms with Gasteiger partial charge in [-0.25, -0.2) is 0 Å². The zero-order chi connectivity index (χ0) is 13.0. The van der Waals surface area contributed by atoms with Gasteiger partial charge < -0.3 is 5.32 Å². The van der Waals surface area contributed by atoms with E-state index in [0.717, 1.165) is 12.2 Å². The van der Waals surface area contributed by atoms with Gasteiger partial charge in [0.1, 0.15) is 0 Å². The van der Waals surface area contributed by atoms with Crippen molar-refractivity contribution in [1.29, 1.82) is 0 Å². The van der Waals surface area contributed by atoms with E-state index >= 15 is 0 Å². The van der Waals surface area contributed by atoms with Gasteiger partial charge in [-0.05, 0) is 39.7 Å². The Kier molecular flexibility index (Phi) is 4.44. The van der Waals surface area contributed by atoms with Crippen LogP contribution in [0.1, 0.15) is 71.0 Å². The summed E-state index contributed by atoms with van der Waals surface area (Å²) in [7, 11) is 0. The number of rotatable bonds is 3. The van der Waals surface area contributed by atoms with Crippen molar-refractivity contribution in [2.75, 3.05) is 0 Å². The summed E-state index contributed by atoms with van der Waals surface area (Å²) >= 11 is 0. The van der Waals surface area contributed by atoms with Gasteiger partial charge in [0, 0.05) is 18.3 Å². The summed E-state index contributed by atoms with van der Waals surface area (Å²) in [6, 6.07) is 2.79. The summed E-state index contributed by atoms with van der Waals surface area (Å²) in [6.45, 7) is 7.43. The van der Waals surface area contributed by atoms with Crippen molar-refractivity contribution >= 4 is 0 Å². The van der Waals surface area contributed by atoms with E-state index in [1.807, 2.05) is 0 Å². The van der Waals surface area contributed by atoms with E-state index in [1.54, 1.807) is 0 Å². The maximum absolute atomic E-state index is 4.73. The van der Waals surface area contributed by atoms with Crippen molar-refractivity contribution in [2.45, 2.75) is 77.4 Å². The van der Waals surface area contributed by atoms with Crippen molar-refractivity contribution in [3.05, 3.63) is 18.0 Å². The van der Waals surface area contributed by atoms with Gasteiger partial charge in [0.05, 0.1) is 11.7 Å². The second kappa shape index (κ2) is 5.87. The second-order valence-corrected chi connectivity index (χ2v) is 6.54. The Morgan fingerprint density at radius 2 is 1.89 bits per heavy atom. The fourth-order valence-corrected chi connectivity index (χ4v) is 2.55. The molecule has 1 heterocycles. The highest BCUT2D eigenvalue weighted by Gasteiger charge is 2.15. The number of nitrogens with zero attached hydrogens (tertiary/aromatic N) is 2. The quantitative estimate of drug-likeness (QED) is 0.828. The first-order chi connectivity index (χ1) is 8.54. The molecule has 1 saturated carbocycles. The number of hydrogen-bond donors (Lipinski definition) is 1. The lowest BCUT2D eigenvalue weighted by molar-refractivity contribution is 0.392. The SMILES string of the molecule is CC(C)(C)NCc1ccn(C2CCCCCC2)n1. The third kappa shape index (κ3) is 4.13. The molecule has 2 rings (SSSR count). The Labute approximate surface area is 111 Å². The maximum atomic E-state index is 4.73. The van der Waals surface area contributed by atoms with Gasteiger partial charge in [0.2, 0.25) is 0 Å². The van der Waals surface area contributed by atoms with E-state index in [9.17, 15) is 0 Å². The fourth-order valence-electron chi connectivity index (χ4n) is 2.55. The summed E-state index contributed by atoms with van der Waals surface area (Å²) in [5.41, 5.74) is 1.32. The van der Waals surface area contributed by atoms with Crippen molar-refractivity contribution < 1.29 is 0 Å². The first-order valence-corrected chi connectivity index (χ1v) is 7.34. The molecule has 0 atom stereocenters. The van der Waals surface area contributed by atoms with Crippen LogP contribution in [-0.4, -0.2) is 15.3 Å². The highest BCUT2D eigenvalue weighted by atomic mass is 15.3. The molecule has 1 aliphatic rings. The number of aromatic nitrogens is 2. The predicted molar refractivity (Wildman–Crippen MR) is 75.6 cm³/mol. The average molecular weight is 249 g/mol. The molecule has 102 valence electrons. The molecular weight excluding hydrogens is 222 g/mol. The van der Waals surface area contributed by atoms with Crippen LogP contribution in [0.2, 0.25) is 0 Å². The van der Waals surface area contributed by atoms with Crippen LogP contribution in [0.5, 0.6) is 0 Å². The van der Waals surface area contributed by atoms with E-state index < -0.39 is 0 Å². The van der Waals surface area contributed by atoms with Crippen LogP contribution in [0.3, 0.4) is 0 Å². The Hall–Kier alpha value is -0.830. The van der Waals surface area contributed by atoms with Gasteiger partial charge in [-0.2, -0.15) is 5.10 Å². The maximum Gasteiger partial charge on any atom is 0.0762 e. The fraction of sp³-hybridized carbons (Fsp3) is 0.800. The molecule has 0 unspecified atom stereocenters.